The Hall–Kier alpha value is -3.32. The Morgan fingerprint density at radius 2 is 1.52 bits per heavy atom. The van der Waals surface area contributed by atoms with Crippen molar-refractivity contribution in [3.63, 3.8) is 0 Å². The third kappa shape index (κ3) is 5.64. The molecule has 0 fully saturated rings. The zero-order chi connectivity index (χ0) is 22.6. The summed E-state index contributed by atoms with van der Waals surface area (Å²) < 4.78 is 33.4. The van der Waals surface area contributed by atoms with Crippen molar-refractivity contribution in [2.45, 2.75) is 32.6 Å². The molecule has 0 bridgehead atoms. The maximum Gasteiger partial charge on any atom is 0.262 e. The lowest BCUT2D eigenvalue weighted by Gasteiger charge is -2.14. The lowest BCUT2D eigenvalue weighted by molar-refractivity contribution is -0.118. The van der Waals surface area contributed by atoms with Gasteiger partial charge >= 0.3 is 0 Å². The predicted octanol–water partition coefficient (Wildman–Crippen LogP) is 4.74. The second-order valence-corrected chi connectivity index (χ2v) is 9.19. The van der Waals surface area contributed by atoms with Gasteiger partial charge in [-0.25, -0.2) is 8.42 Å². The van der Waals surface area contributed by atoms with E-state index in [1.807, 2.05) is 39.0 Å². The van der Waals surface area contributed by atoms with E-state index in [2.05, 4.69) is 10.0 Å². The Balaban J connectivity index is 1.66. The van der Waals surface area contributed by atoms with Gasteiger partial charge in [0.25, 0.3) is 15.9 Å². The molecule has 0 aliphatic rings. The number of benzene rings is 3. The third-order valence-electron chi connectivity index (χ3n) is 4.78. The first-order valence-corrected chi connectivity index (χ1v) is 11.3. The van der Waals surface area contributed by atoms with E-state index in [4.69, 9.17) is 4.74 Å². The molecule has 1 amide bonds. The maximum absolute atomic E-state index is 12.6. The fourth-order valence-electron chi connectivity index (χ4n) is 3.37. The first kappa shape index (κ1) is 22.4. The molecule has 3 aromatic carbocycles. The van der Waals surface area contributed by atoms with E-state index < -0.39 is 10.0 Å². The highest BCUT2D eigenvalue weighted by atomic mass is 32.2. The first-order valence-electron chi connectivity index (χ1n) is 9.85. The van der Waals surface area contributed by atoms with Crippen molar-refractivity contribution >= 4 is 27.3 Å². The van der Waals surface area contributed by atoms with Crippen LogP contribution < -0.4 is 14.8 Å². The van der Waals surface area contributed by atoms with Crippen molar-refractivity contribution in [1.29, 1.82) is 0 Å². The number of anilines is 2. The summed E-state index contributed by atoms with van der Waals surface area (Å²) >= 11 is 0. The largest absolute Gasteiger partial charge is 0.483 e. The molecule has 31 heavy (non-hydrogen) atoms. The molecule has 3 rings (SSSR count). The van der Waals surface area contributed by atoms with Gasteiger partial charge < -0.3 is 10.1 Å². The van der Waals surface area contributed by atoms with Gasteiger partial charge in [0, 0.05) is 11.4 Å². The van der Waals surface area contributed by atoms with E-state index in [9.17, 15) is 13.2 Å². The van der Waals surface area contributed by atoms with Crippen molar-refractivity contribution in [3.05, 3.63) is 82.9 Å². The highest BCUT2D eigenvalue weighted by Gasteiger charge is 2.16. The van der Waals surface area contributed by atoms with Crippen LogP contribution in [-0.2, 0) is 14.8 Å². The van der Waals surface area contributed by atoms with Gasteiger partial charge in [0.05, 0.1) is 4.90 Å². The fourth-order valence-corrected chi connectivity index (χ4v) is 4.51. The number of amides is 1. The average molecular weight is 439 g/mol. The molecule has 0 atom stereocenters. The minimum Gasteiger partial charge on any atom is -0.483 e. The van der Waals surface area contributed by atoms with Crippen LogP contribution in [0.1, 0.15) is 22.3 Å². The van der Waals surface area contributed by atoms with Crippen LogP contribution in [0.5, 0.6) is 5.75 Å². The molecule has 0 aliphatic heterocycles. The highest BCUT2D eigenvalue weighted by molar-refractivity contribution is 7.92. The summed E-state index contributed by atoms with van der Waals surface area (Å²) in [6.45, 7) is 7.47. The van der Waals surface area contributed by atoms with E-state index >= 15 is 0 Å². The predicted molar refractivity (Wildman–Crippen MR) is 123 cm³/mol. The van der Waals surface area contributed by atoms with Gasteiger partial charge in [-0.05, 0) is 74.7 Å². The maximum atomic E-state index is 12.6. The van der Waals surface area contributed by atoms with Crippen LogP contribution in [0.2, 0.25) is 0 Å². The number of sulfonamides is 1. The zero-order valence-electron chi connectivity index (χ0n) is 18.0. The van der Waals surface area contributed by atoms with Crippen molar-refractivity contribution in [2.75, 3.05) is 16.6 Å². The molecule has 6 nitrogen and oxygen atoms in total. The summed E-state index contributed by atoms with van der Waals surface area (Å²) in [5.41, 5.74) is 5.00. The minimum atomic E-state index is -3.72. The molecule has 0 radical (unpaired) electrons. The lowest BCUT2D eigenvalue weighted by atomic mass is 10.1. The second kappa shape index (κ2) is 9.22. The van der Waals surface area contributed by atoms with Crippen molar-refractivity contribution in [3.8, 4) is 5.75 Å². The molecule has 2 N–H and O–H groups in total. The number of rotatable bonds is 7. The van der Waals surface area contributed by atoms with Gasteiger partial charge in [0.2, 0.25) is 0 Å². The number of carbonyl (C=O) groups excluding carboxylic acids is 1. The van der Waals surface area contributed by atoms with Gasteiger partial charge in [-0.1, -0.05) is 35.9 Å². The van der Waals surface area contributed by atoms with Crippen LogP contribution in [0.25, 0.3) is 0 Å². The molecule has 0 spiro atoms. The van der Waals surface area contributed by atoms with Gasteiger partial charge in [-0.3, -0.25) is 9.52 Å². The lowest BCUT2D eigenvalue weighted by Crippen LogP contribution is -2.21. The van der Waals surface area contributed by atoms with E-state index in [1.54, 1.807) is 37.3 Å². The second-order valence-electron chi connectivity index (χ2n) is 7.51. The molecule has 162 valence electrons. The Bertz CT molecular complexity index is 1180. The monoisotopic (exact) mass is 438 g/mol. The summed E-state index contributed by atoms with van der Waals surface area (Å²) in [5, 5.41) is 2.89. The number of aryl methyl sites for hydroxylation is 4. The average Bonchev–Trinajstić information content (AvgIpc) is 2.70. The van der Waals surface area contributed by atoms with Crippen LogP contribution in [-0.4, -0.2) is 20.9 Å². The zero-order valence-corrected chi connectivity index (χ0v) is 18.8. The number of para-hydroxylation sites is 1. The number of hydrogen-bond donors (Lipinski definition) is 2. The molecule has 0 heterocycles. The molecule has 0 aliphatic carbocycles. The van der Waals surface area contributed by atoms with Crippen LogP contribution in [0, 0.1) is 27.7 Å². The minimum absolute atomic E-state index is 0.122. The van der Waals surface area contributed by atoms with Gasteiger partial charge in [-0.2, -0.15) is 0 Å². The molecule has 0 aromatic heterocycles. The molecule has 7 heteroatoms. The van der Waals surface area contributed by atoms with Crippen molar-refractivity contribution < 1.29 is 17.9 Å². The van der Waals surface area contributed by atoms with Crippen LogP contribution >= 0.6 is 0 Å². The highest BCUT2D eigenvalue weighted by Crippen LogP contribution is 2.24. The van der Waals surface area contributed by atoms with Crippen LogP contribution in [0.15, 0.2) is 65.6 Å². The van der Waals surface area contributed by atoms with Gasteiger partial charge in [-0.15, -0.1) is 0 Å². The number of ether oxygens (including phenoxy) is 1. The summed E-state index contributed by atoms with van der Waals surface area (Å²) in [4.78, 5) is 12.5. The van der Waals surface area contributed by atoms with Gasteiger partial charge in [0.1, 0.15) is 5.75 Å². The van der Waals surface area contributed by atoms with E-state index in [1.165, 1.54) is 12.1 Å². The third-order valence-corrected chi connectivity index (χ3v) is 6.16. The van der Waals surface area contributed by atoms with E-state index in [0.717, 1.165) is 22.4 Å². The Labute approximate surface area is 183 Å². The standard InChI is InChI=1S/C24H26N2O4S/c1-16-12-18(3)24(19(4)13-16)25-23(27)15-30-22-11-10-21(14-17(22)2)31(28,29)26-20-8-6-5-7-9-20/h5-14,26H,15H2,1-4H3,(H,25,27). The van der Waals surface area contributed by atoms with Crippen molar-refractivity contribution in [2.24, 2.45) is 0 Å². The number of carbonyl (C=O) groups is 1. The normalized spacial score (nSPS) is 11.1. The molecule has 3 aromatic rings. The van der Waals surface area contributed by atoms with Crippen LogP contribution in [0.3, 0.4) is 0 Å². The smallest absolute Gasteiger partial charge is 0.262 e. The Kier molecular flexibility index (Phi) is 6.65. The summed E-state index contributed by atoms with van der Waals surface area (Å²) in [7, 11) is -3.72. The summed E-state index contributed by atoms with van der Waals surface area (Å²) in [6, 6.07) is 17.2. The number of nitrogens with one attached hydrogen (secondary N) is 2. The van der Waals surface area contributed by atoms with Crippen molar-refractivity contribution in [1.82, 2.24) is 0 Å². The summed E-state index contributed by atoms with van der Waals surface area (Å²) in [5.74, 6) is 0.169. The molecule has 0 unspecified atom stereocenters. The van der Waals surface area contributed by atoms with Crippen LogP contribution in [0.4, 0.5) is 11.4 Å². The first-order chi connectivity index (χ1) is 14.7. The van der Waals surface area contributed by atoms with Gasteiger partial charge in [0.15, 0.2) is 6.61 Å². The molecular formula is C24H26N2O4S. The van der Waals surface area contributed by atoms with E-state index in [0.29, 0.717) is 17.0 Å². The SMILES string of the molecule is Cc1cc(C)c(NC(=O)COc2ccc(S(=O)(=O)Nc3ccccc3)cc2C)c(C)c1. The summed E-state index contributed by atoms with van der Waals surface area (Å²) in [6.07, 6.45) is 0. The quantitative estimate of drug-likeness (QED) is 0.558. The van der Waals surface area contributed by atoms with E-state index in [-0.39, 0.29) is 17.4 Å². The molecular weight excluding hydrogens is 412 g/mol. The topological polar surface area (TPSA) is 84.5 Å². The Morgan fingerprint density at radius 3 is 2.13 bits per heavy atom. The Morgan fingerprint density at radius 1 is 0.871 bits per heavy atom. The number of hydrogen-bond acceptors (Lipinski definition) is 4. The molecule has 0 saturated heterocycles. The fraction of sp³-hybridized carbons (Fsp3) is 0.208. The molecule has 0 saturated carbocycles.